The van der Waals surface area contributed by atoms with Crippen molar-refractivity contribution in [3.05, 3.63) is 54.1 Å². The van der Waals surface area contributed by atoms with Crippen molar-refractivity contribution in [1.82, 2.24) is 4.98 Å². The second kappa shape index (κ2) is 8.73. The lowest BCUT2D eigenvalue weighted by Gasteiger charge is -2.20. The van der Waals surface area contributed by atoms with Crippen molar-refractivity contribution >= 4 is 23.1 Å². The normalized spacial score (nSPS) is 11.5. The van der Waals surface area contributed by atoms with Gasteiger partial charge in [-0.15, -0.1) is 0 Å². The lowest BCUT2D eigenvalue weighted by atomic mass is 9.97. The molecule has 1 atom stereocenters. The van der Waals surface area contributed by atoms with Crippen LogP contribution in [-0.4, -0.2) is 36.1 Å². The van der Waals surface area contributed by atoms with Gasteiger partial charge in [-0.25, -0.2) is 4.98 Å². The SMILES string of the molecule is C[C@H](N)C(=O)Nc1cc(-c2cc(-c3ccccc3O)nc(N)c2C#N)ccc1N(C)C. The van der Waals surface area contributed by atoms with Gasteiger partial charge in [-0.2, -0.15) is 5.26 Å². The number of phenols is 1. The molecule has 31 heavy (non-hydrogen) atoms. The molecule has 1 heterocycles. The monoisotopic (exact) mass is 416 g/mol. The van der Waals surface area contributed by atoms with Crippen molar-refractivity contribution in [2.45, 2.75) is 13.0 Å². The number of nitrogens with one attached hydrogen (secondary N) is 1. The first-order chi connectivity index (χ1) is 14.7. The number of carbonyl (C=O) groups excluding carboxylic acids is 1. The lowest BCUT2D eigenvalue weighted by molar-refractivity contribution is -0.117. The Balaban J connectivity index is 2.21. The molecule has 0 aliphatic heterocycles. The Labute approximate surface area is 180 Å². The summed E-state index contributed by atoms with van der Waals surface area (Å²) in [7, 11) is 3.72. The quantitative estimate of drug-likeness (QED) is 0.501. The first kappa shape index (κ1) is 21.6. The van der Waals surface area contributed by atoms with Gasteiger partial charge in [-0.1, -0.05) is 18.2 Å². The second-order valence-electron chi connectivity index (χ2n) is 7.35. The summed E-state index contributed by atoms with van der Waals surface area (Å²) >= 11 is 0. The molecule has 0 bridgehead atoms. The number of nitrogens with two attached hydrogens (primary N) is 2. The molecule has 6 N–H and O–H groups in total. The van der Waals surface area contributed by atoms with E-state index in [1.165, 1.54) is 0 Å². The number of hydrogen-bond donors (Lipinski definition) is 4. The van der Waals surface area contributed by atoms with Gasteiger partial charge in [-0.3, -0.25) is 4.79 Å². The van der Waals surface area contributed by atoms with Gasteiger partial charge in [0, 0.05) is 25.2 Å². The summed E-state index contributed by atoms with van der Waals surface area (Å²) in [6, 6.07) is 15.3. The maximum absolute atomic E-state index is 12.2. The van der Waals surface area contributed by atoms with Crippen LogP contribution in [0.2, 0.25) is 0 Å². The molecule has 0 aliphatic rings. The number of nitrogens with zero attached hydrogens (tertiary/aromatic N) is 3. The number of nitriles is 1. The first-order valence-electron chi connectivity index (χ1n) is 9.60. The number of rotatable bonds is 5. The van der Waals surface area contributed by atoms with Crippen LogP contribution in [-0.2, 0) is 4.79 Å². The molecule has 8 nitrogen and oxygen atoms in total. The fraction of sp³-hybridized carbons (Fsp3) is 0.174. The standard InChI is InChI=1S/C23H24N6O2/c1-13(25)23(31)28-19-10-14(8-9-20(19)29(2)3)16-11-18(27-22(26)17(16)12-24)15-6-4-5-7-21(15)30/h4-11,13,30H,25H2,1-3H3,(H2,26,27)(H,28,31)/t13-/m0/s1. The molecule has 0 saturated carbocycles. The lowest BCUT2D eigenvalue weighted by Crippen LogP contribution is -2.33. The summed E-state index contributed by atoms with van der Waals surface area (Å²) in [5, 5.41) is 22.8. The molecular formula is C23H24N6O2. The smallest absolute Gasteiger partial charge is 0.241 e. The number of hydrogen-bond acceptors (Lipinski definition) is 7. The molecule has 1 aromatic heterocycles. The van der Waals surface area contributed by atoms with E-state index in [0.29, 0.717) is 28.1 Å². The number of carbonyl (C=O) groups is 1. The number of aromatic hydroxyl groups is 1. The molecular weight excluding hydrogens is 392 g/mol. The highest BCUT2D eigenvalue weighted by atomic mass is 16.3. The summed E-state index contributed by atoms with van der Waals surface area (Å²) < 4.78 is 0. The van der Waals surface area contributed by atoms with Crippen LogP contribution in [0.1, 0.15) is 12.5 Å². The van der Waals surface area contributed by atoms with E-state index in [-0.39, 0.29) is 23.0 Å². The Morgan fingerprint density at radius 2 is 1.90 bits per heavy atom. The number of anilines is 3. The molecule has 0 fully saturated rings. The number of para-hydroxylation sites is 1. The van der Waals surface area contributed by atoms with Crippen molar-refractivity contribution in [2.24, 2.45) is 5.73 Å². The summed E-state index contributed by atoms with van der Waals surface area (Å²) in [5.74, 6) is -0.223. The second-order valence-corrected chi connectivity index (χ2v) is 7.35. The fourth-order valence-corrected chi connectivity index (χ4v) is 3.18. The fourth-order valence-electron chi connectivity index (χ4n) is 3.18. The first-order valence-corrected chi connectivity index (χ1v) is 9.60. The van der Waals surface area contributed by atoms with Crippen molar-refractivity contribution in [1.29, 1.82) is 5.26 Å². The predicted octanol–water partition coefficient (Wildman–Crippen LogP) is 2.93. The molecule has 2 aromatic carbocycles. The van der Waals surface area contributed by atoms with Crippen molar-refractivity contribution in [3.8, 4) is 34.2 Å². The van der Waals surface area contributed by atoms with E-state index in [4.69, 9.17) is 11.5 Å². The van der Waals surface area contributed by atoms with E-state index in [9.17, 15) is 15.2 Å². The average Bonchev–Trinajstić information content (AvgIpc) is 2.73. The van der Waals surface area contributed by atoms with Gasteiger partial charge in [0.15, 0.2) is 0 Å². The van der Waals surface area contributed by atoms with Gasteiger partial charge in [0.05, 0.1) is 23.1 Å². The van der Waals surface area contributed by atoms with Crippen LogP contribution in [0.4, 0.5) is 17.2 Å². The van der Waals surface area contributed by atoms with Crippen LogP contribution in [0.25, 0.3) is 22.4 Å². The Kier molecular flexibility index (Phi) is 6.09. The Morgan fingerprint density at radius 1 is 1.19 bits per heavy atom. The van der Waals surface area contributed by atoms with Crippen LogP contribution >= 0.6 is 0 Å². The Hall–Kier alpha value is -4.09. The largest absolute Gasteiger partial charge is 0.507 e. The van der Waals surface area contributed by atoms with Gasteiger partial charge in [0.25, 0.3) is 0 Å². The molecule has 8 heteroatoms. The third-order valence-electron chi connectivity index (χ3n) is 4.80. The van der Waals surface area contributed by atoms with Gasteiger partial charge in [0.1, 0.15) is 23.2 Å². The van der Waals surface area contributed by atoms with E-state index in [0.717, 1.165) is 5.69 Å². The van der Waals surface area contributed by atoms with Gasteiger partial charge < -0.3 is 26.8 Å². The van der Waals surface area contributed by atoms with E-state index < -0.39 is 6.04 Å². The van der Waals surface area contributed by atoms with Crippen molar-refractivity contribution in [2.75, 3.05) is 30.0 Å². The number of benzene rings is 2. The third kappa shape index (κ3) is 4.42. The van der Waals surface area contributed by atoms with E-state index in [2.05, 4.69) is 16.4 Å². The number of pyridine rings is 1. The number of aromatic nitrogens is 1. The molecule has 158 valence electrons. The van der Waals surface area contributed by atoms with Crippen LogP contribution in [0.5, 0.6) is 5.75 Å². The highest BCUT2D eigenvalue weighted by molar-refractivity contribution is 5.98. The number of nitrogen functional groups attached to an aromatic ring is 1. The highest BCUT2D eigenvalue weighted by Gasteiger charge is 2.18. The molecule has 3 aromatic rings. The summed E-state index contributed by atoms with van der Waals surface area (Å²) in [6.45, 7) is 1.60. The van der Waals surface area contributed by atoms with Gasteiger partial charge in [0.2, 0.25) is 5.91 Å². The van der Waals surface area contributed by atoms with Crippen LogP contribution in [0.15, 0.2) is 48.5 Å². The molecule has 0 unspecified atom stereocenters. The zero-order chi connectivity index (χ0) is 22.7. The van der Waals surface area contributed by atoms with E-state index in [1.807, 2.05) is 31.1 Å². The van der Waals surface area contributed by atoms with Crippen molar-refractivity contribution in [3.63, 3.8) is 0 Å². The maximum Gasteiger partial charge on any atom is 0.241 e. The Morgan fingerprint density at radius 3 is 2.52 bits per heavy atom. The van der Waals surface area contributed by atoms with Gasteiger partial charge >= 0.3 is 0 Å². The molecule has 1 amide bonds. The zero-order valence-electron chi connectivity index (χ0n) is 17.5. The summed E-state index contributed by atoms with van der Waals surface area (Å²) in [5.41, 5.74) is 15.5. The molecule has 0 aliphatic carbocycles. The minimum Gasteiger partial charge on any atom is -0.507 e. The number of phenolic OH excluding ortho intramolecular Hbond substituents is 1. The highest BCUT2D eigenvalue weighted by Crippen LogP contribution is 2.37. The van der Waals surface area contributed by atoms with Crippen LogP contribution < -0.4 is 21.7 Å². The van der Waals surface area contributed by atoms with Crippen LogP contribution in [0, 0.1) is 11.3 Å². The number of amides is 1. The topological polar surface area (TPSA) is 141 Å². The summed E-state index contributed by atoms with van der Waals surface area (Å²) in [6.07, 6.45) is 0. The van der Waals surface area contributed by atoms with E-state index >= 15 is 0 Å². The van der Waals surface area contributed by atoms with E-state index in [1.54, 1.807) is 43.3 Å². The molecule has 3 rings (SSSR count). The predicted molar refractivity (Wildman–Crippen MR) is 123 cm³/mol. The third-order valence-corrected chi connectivity index (χ3v) is 4.80. The summed E-state index contributed by atoms with van der Waals surface area (Å²) in [4.78, 5) is 18.4. The van der Waals surface area contributed by atoms with Crippen molar-refractivity contribution < 1.29 is 9.90 Å². The molecule has 0 saturated heterocycles. The maximum atomic E-state index is 12.2. The zero-order valence-corrected chi connectivity index (χ0v) is 17.5. The van der Waals surface area contributed by atoms with Gasteiger partial charge in [-0.05, 0) is 42.8 Å². The van der Waals surface area contributed by atoms with Crippen LogP contribution in [0.3, 0.4) is 0 Å². The minimum atomic E-state index is -0.683. The molecule has 0 radical (unpaired) electrons. The Bertz CT molecular complexity index is 1180. The average molecular weight is 416 g/mol. The minimum absolute atomic E-state index is 0.0519. The molecule has 0 spiro atoms.